The van der Waals surface area contributed by atoms with Crippen molar-refractivity contribution in [3.63, 3.8) is 0 Å². The fraction of sp³-hybridized carbons (Fsp3) is 0. The van der Waals surface area contributed by atoms with Crippen LogP contribution < -0.4 is 4.74 Å². The van der Waals surface area contributed by atoms with Crippen molar-refractivity contribution in [2.45, 2.75) is 0 Å². The molecule has 1 heterocycles. The Kier molecular flexibility index (Phi) is 2.78. The second kappa shape index (κ2) is 4.24. The van der Waals surface area contributed by atoms with Gasteiger partial charge in [-0.2, -0.15) is 5.10 Å². The second-order valence-corrected chi connectivity index (χ2v) is 3.40. The highest BCUT2D eigenvalue weighted by molar-refractivity contribution is 6.30. The van der Waals surface area contributed by atoms with E-state index in [4.69, 9.17) is 16.7 Å². The first-order valence-electron chi connectivity index (χ1n) is 4.36. The van der Waals surface area contributed by atoms with Gasteiger partial charge in [-0.05, 0) is 24.3 Å². The van der Waals surface area contributed by atoms with Crippen molar-refractivity contribution in [2.24, 2.45) is 0 Å². The standard InChI is InChI=1S/C10H7ClN2O3/c11-7-1-3-8(4-2-7)13-6-9(5-12-13)16-10(14)15/h1-6H,(H,14,15). The Morgan fingerprint density at radius 1 is 1.38 bits per heavy atom. The molecule has 0 amide bonds. The molecular formula is C10H7ClN2O3. The normalized spacial score (nSPS) is 10.1. The summed E-state index contributed by atoms with van der Waals surface area (Å²) >= 11 is 5.74. The zero-order valence-electron chi connectivity index (χ0n) is 8.00. The molecule has 0 bridgehead atoms. The van der Waals surface area contributed by atoms with Gasteiger partial charge in [-0.15, -0.1) is 0 Å². The predicted octanol–water partition coefficient (Wildman–Crippen LogP) is 2.58. The van der Waals surface area contributed by atoms with E-state index in [1.807, 2.05) is 0 Å². The van der Waals surface area contributed by atoms with Gasteiger partial charge >= 0.3 is 6.16 Å². The van der Waals surface area contributed by atoms with Gasteiger partial charge in [0.2, 0.25) is 0 Å². The molecule has 0 atom stereocenters. The minimum Gasteiger partial charge on any atom is -0.449 e. The summed E-state index contributed by atoms with van der Waals surface area (Å²) in [6.45, 7) is 0. The van der Waals surface area contributed by atoms with Gasteiger partial charge in [-0.25, -0.2) is 9.48 Å². The number of halogens is 1. The molecule has 0 unspecified atom stereocenters. The topological polar surface area (TPSA) is 64.3 Å². The molecule has 1 aromatic heterocycles. The van der Waals surface area contributed by atoms with E-state index in [-0.39, 0.29) is 5.75 Å². The van der Waals surface area contributed by atoms with E-state index in [9.17, 15) is 4.79 Å². The average molecular weight is 239 g/mol. The largest absolute Gasteiger partial charge is 0.511 e. The average Bonchev–Trinajstić information content (AvgIpc) is 2.66. The molecule has 0 aliphatic rings. The highest BCUT2D eigenvalue weighted by atomic mass is 35.5. The number of hydrogen-bond acceptors (Lipinski definition) is 3. The molecule has 0 aliphatic carbocycles. The molecule has 2 aromatic rings. The molecule has 5 nitrogen and oxygen atoms in total. The van der Waals surface area contributed by atoms with Crippen molar-refractivity contribution in [2.75, 3.05) is 0 Å². The lowest BCUT2D eigenvalue weighted by atomic mass is 10.3. The van der Waals surface area contributed by atoms with Crippen molar-refractivity contribution in [3.8, 4) is 11.4 Å². The summed E-state index contributed by atoms with van der Waals surface area (Å²) < 4.78 is 5.94. The fourth-order valence-corrected chi connectivity index (χ4v) is 1.32. The van der Waals surface area contributed by atoms with Crippen LogP contribution in [0.15, 0.2) is 36.7 Å². The predicted molar refractivity (Wildman–Crippen MR) is 57.2 cm³/mol. The Labute approximate surface area is 95.8 Å². The van der Waals surface area contributed by atoms with Crippen LogP contribution in [-0.2, 0) is 0 Å². The Morgan fingerprint density at radius 2 is 2.06 bits per heavy atom. The maximum atomic E-state index is 10.3. The van der Waals surface area contributed by atoms with E-state index in [2.05, 4.69) is 9.84 Å². The van der Waals surface area contributed by atoms with Gasteiger partial charge in [-0.3, -0.25) is 0 Å². The van der Waals surface area contributed by atoms with Gasteiger partial charge in [-0.1, -0.05) is 11.6 Å². The van der Waals surface area contributed by atoms with Crippen LogP contribution in [0.25, 0.3) is 5.69 Å². The number of benzene rings is 1. The summed E-state index contributed by atoms with van der Waals surface area (Å²) in [4.78, 5) is 10.3. The molecule has 82 valence electrons. The zero-order valence-corrected chi connectivity index (χ0v) is 8.76. The van der Waals surface area contributed by atoms with Crippen molar-refractivity contribution in [1.29, 1.82) is 0 Å². The number of aromatic nitrogens is 2. The monoisotopic (exact) mass is 238 g/mol. The molecule has 2 rings (SSSR count). The van der Waals surface area contributed by atoms with E-state index in [1.165, 1.54) is 17.1 Å². The number of ether oxygens (including phenoxy) is 1. The highest BCUT2D eigenvalue weighted by Gasteiger charge is 2.05. The second-order valence-electron chi connectivity index (χ2n) is 2.96. The van der Waals surface area contributed by atoms with Gasteiger partial charge in [0, 0.05) is 5.02 Å². The third-order valence-corrected chi connectivity index (χ3v) is 2.11. The Hall–Kier alpha value is -2.01. The van der Waals surface area contributed by atoms with E-state index >= 15 is 0 Å². The van der Waals surface area contributed by atoms with Crippen molar-refractivity contribution in [1.82, 2.24) is 9.78 Å². The molecule has 1 aromatic carbocycles. The minimum absolute atomic E-state index is 0.169. The van der Waals surface area contributed by atoms with Gasteiger partial charge in [0.15, 0.2) is 5.75 Å². The maximum Gasteiger partial charge on any atom is 0.511 e. The molecule has 0 saturated carbocycles. The van der Waals surface area contributed by atoms with Crippen LogP contribution in [-0.4, -0.2) is 21.0 Å². The van der Waals surface area contributed by atoms with Crippen LogP contribution in [0.2, 0.25) is 5.02 Å². The van der Waals surface area contributed by atoms with Crippen LogP contribution in [0.3, 0.4) is 0 Å². The first-order chi connectivity index (χ1) is 7.65. The van der Waals surface area contributed by atoms with Gasteiger partial charge in [0.1, 0.15) is 0 Å². The van der Waals surface area contributed by atoms with Gasteiger partial charge < -0.3 is 9.84 Å². The van der Waals surface area contributed by atoms with Gasteiger partial charge in [0.05, 0.1) is 18.1 Å². The van der Waals surface area contributed by atoms with E-state index in [0.717, 1.165) is 5.69 Å². The molecular weight excluding hydrogens is 232 g/mol. The summed E-state index contributed by atoms with van der Waals surface area (Å²) in [5.74, 6) is 0.169. The molecule has 0 fully saturated rings. The Bertz CT molecular complexity index is 507. The van der Waals surface area contributed by atoms with Crippen LogP contribution in [0.5, 0.6) is 5.75 Å². The fourth-order valence-electron chi connectivity index (χ4n) is 1.19. The van der Waals surface area contributed by atoms with Crippen LogP contribution in [0, 0.1) is 0 Å². The molecule has 0 radical (unpaired) electrons. The van der Waals surface area contributed by atoms with Crippen LogP contribution in [0.1, 0.15) is 0 Å². The first kappa shape index (κ1) is 10.5. The Morgan fingerprint density at radius 3 is 2.69 bits per heavy atom. The molecule has 0 aliphatic heterocycles. The molecule has 16 heavy (non-hydrogen) atoms. The molecule has 6 heteroatoms. The van der Waals surface area contributed by atoms with Crippen molar-refractivity contribution < 1.29 is 14.6 Å². The highest BCUT2D eigenvalue weighted by Crippen LogP contribution is 2.16. The van der Waals surface area contributed by atoms with E-state index < -0.39 is 6.16 Å². The number of hydrogen-bond donors (Lipinski definition) is 1. The van der Waals surface area contributed by atoms with Crippen molar-refractivity contribution in [3.05, 3.63) is 41.7 Å². The number of carbonyl (C=O) groups is 1. The minimum atomic E-state index is -1.37. The summed E-state index contributed by atoms with van der Waals surface area (Å²) in [5, 5.41) is 13.0. The summed E-state index contributed by atoms with van der Waals surface area (Å²) in [5.41, 5.74) is 0.768. The quantitative estimate of drug-likeness (QED) is 0.817. The molecule has 0 spiro atoms. The molecule has 1 N–H and O–H groups in total. The zero-order chi connectivity index (χ0) is 11.5. The van der Waals surface area contributed by atoms with Crippen LogP contribution >= 0.6 is 11.6 Å². The molecule has 0 saturated heterocycles. The summed E-state index contributed by atoms with van der Waals surface area (Å²) in [7, 11) is 0. The van der Waals surface area contributed by atoms with Gasteiger partial charge in [0.25, 0.3) is 0 Å². The lowest BCUT2D eigenvalue weighted by molar-refractivity contribution is 0.144. The van der Waals surface area contributed by atoms with E-state index in [0.29, 0.717) is 5.02 Å². The lowest BCUT2D eigenvalue weighted by Gasteiger charge is -1.99. The van der Waals surface area contributed by atoms with Crippen LogP contribution in [0.4, 0.5) is 4.79 Å². The first-order valence-corrected chi connectivity index (χ1v) is 4.74. The smallest absolute Gasteiger partial charge is 0.449 e. The number of rotatable bonds is 2. The number of nitrogens with zero attached hydrogens (tertiary/aromatic N) is 2. The summed E-state index contributed by atoms with van der Waals surface area (Å²) in [6, 6.07) is 6.96. The SMILES string of the molecule is O=C(O)Oc1cnn(-c2ccc(Cl)cc2)c1. The third kappa shape index (κ3) is 2.32. The summed E-state index contributed by atoms with van der Waals surface area (Å²) in [6.07, 6.45) is 1.43. The lowest BCUT2D eigenvalue weighted by Crippen LogP contribution is -2.01. The number of carboxylic acid groups (broad SMARTS) is 1. The van der Waals surface area contributed by atoms with E-state index in [1.54, 1.807) is 24.3 Å². The Balaban J connectivity index is 2.24. The maximum absolute atomic E-state index is 10.3. The third-order valence-electron chi connectivity index (χ3n) is 1.86. The van der Waals surface area contributed by atoms with Crippen molar-refractivity contribution >= 4 is 17.8 Å².